The van der Waals surface area contributed by atoms with Gasteiger partial charge in [-0.25, -0.2) is 9.78 Å². The molecule has 0 aliphatic carbocycles. The molecule has 1 saturated heterocycles. The molecule has 2 heterocycles. The summed E-state index contributed by atoms with van der Waals surface area (Å²) in [6.45, 7) is 3.28. The first-order valence-electron chi connectivity index (χ1n) is 8.08. The summed E-state index contributed by atoms with van der Waals surface area (Å²) in [6.07, 6.45) is 1.80. The molecular weight excluding hydrogens is 336 g/mol. The van der Waals surface area contributed by atoms with E-state index in [1.54, 1.807) is 18.3 Å². The molecule has 1 aliphatic heterocycles. The van der Waals surface area contributed by atoms with E-state index in [0.717, 1.165) is 32.0 Å². The molecule has 0 atom stereocenters. The predicted molar refractivity (Wildman–Crippen MR) is 102 cm³/mol. The van der Waals surface area contributed by atoms with E-state index in [4.69, 9.17) is 17.0 Å². The Morgan fingerprint density at radius 3 is 2.52 bits per heavy atom. The van der Waals surface area contributed by atoms with Gasteiger partial charge in [0.05, 0.1) is 18.4 Å². The van der Waals surface area contributed by atoms with Crippen LogP contribution < -0.4 is 10.2 Å². The normalized spacial score (nSPS) is 14.1. The van der Waals surface area contributed by atoms with E-state index < -0.39 is 0 Å². The van der Waals surface area contributed by atoms with E-state index >= 15 is 0 Å². The maximum absolute atomic E-state index is 11.9. The predicted octanol–water partition coefficient (Wildman–Crippen LogP) is 2.39. The summed E-state index contributed by atoms with van der Waals surface area (Å²) in [5, 5.41) is 3.78. The van der Waals surface area contributed by atoms with Crippen molar-refractivity contribution in [1.29, 1.82) is 0 Å². The fourth-order valence-corrected chi connectivity index (χ4v) is 3.05. The number of hydrogen-bond donors (Lipinski definition) is 1. The fourth-order valence-electron chi connectivity index (χ4n) is 2.75. The fraction of sp³-hybridized carbons (Fsp3) is 0.278. The van der Waals surface area contributed by atoms with E-state index in [2.05, 4.69) is 20.1 Å². The van der Waals surface area contributed by atoms with Crippen LogP contribution in [-0.4, -0.2) is 54.3 Å². The maximum Gasteiger partial charge on any atom is 0.339 e. The third kappa shape index (κ3) is 4.06. The topological polar surface area (TPSA) is 57.7 Å². The van der Waals surface area contributed by atoms with E-state index in [0.29, 0.717) is 16.4 Å². The van der Waals surface area contributed by atoms with Crippen molar-refractivity contribution in [3.05, 3.63) is 54.2 Å². The molecule has 1 aromatic heterocycles. The molecule has 6 nitrogen and oxygen atoms in total. The van der Waals surface area contributed by atoms with E-state index in [1.807, 2.05) is 30.3 Å². The van der Waals surface area contributed by atoms with Crippen molar-refractivity contribution in [2.24, 2.45) is 0 Å². The van der Waals surface area contributed by atoms with Gasteiger partial charge in [0.15, 0.2) is 5.11 Å². The number of rotatable bonds is 3. The van der Waals surface area contributed by atoms with Gasteiger partial charge < -0.3 is 19.9 Å². The van der Waals surface area contributed by atoms with Crippen LogP contribution in [0.4, 0.5) is 11.5 Å². The number of nitrogens with zero attached hydrogens (tertiary/aromatic N) is 3. The minimum atomic E-state index is -0.383. The lowest BCUT2D eigenvalue weighted by molar-refractivity contribution is 0.0602. The standard InChI is InChI=1S/C18H20N4O2S/c1-24-17(23)14-6-2-3-7-15(14)20-18(25)22-12-10-21(11-13-22)16-8-4-5-9-19-16/h2-9H,10-13H2,1H3,(H,20,25). The van der Waals surface area contributed by atoms with Gasteiger partial charge >= 0.3 is 5.97 Å². The third-order valence-electron chi connectivity index (χ3n) is 4.11. The first kappa shape index (κ1) is 17.2. The number of nitrogens with one attached hydrogen (secondary N) is 1. The Morgan fingerprint density at radius 1 is 1.12 bits per heavy atom. The van der Waals surface area contributed by atoms with Gasteiger partial charge in [-0.05, 0) is 36.5 Å². The lowest BCUT2D eigenvalue weighted by Crippen LogP contribution is -2.50. The summed E-state index contributed by atoms with van der Waals surface area (Å²) in [6, 6.07) is 13.1. The smallest absolute Gasteiger partial charge is 0.339 e. The highest BCUT2D eigenvalue weighted by atomic mass is 32.1. The highest BCUT2D eigenvalue weighted by Crippen LogP contribution is 2.18. The second kappa shape index (κ2) is 7.94. The van der Waals surface area contributed by atoms with Crippen LogP contribution in [0.5, 0.6) is 0 Å². The summed E-state index contributed by atoms with van der Waals surface area (Å²) in [5.41, 5.74) is 1.13. The minimum Gasteiger partial charge on any atom is -0.465 e. The molecule has 3 rings (SSSR count). The van der Waals surface area contributed by atoms with E-state index in [9.17, 15) is 4.79 Å². The quantitative estimate of drug-likeness (QED) is 0.669. The average Bonchev–Trinajstić information content (AvgIpc) is 2.68. The molecule has 0 spiro atoms. The Morgan fingerprint density at radius 2 is 1.84 bits per heavy atom. The number of thiocarbonyl (C=S) groups is 1. The third-order valence-corrected chi connectivity index (χ3v) is 4.47. The lowest BCUT2D eigenvalue weighted by Gasteiger charge is -2.36. The zero-order valence-corrected chi connectivity index (χ0v) is 14.8. The highest BCUT2D eigenvalue weighted by Gasteiger charge is 2.21. The van der Waals surface area contributed by atoms with Crippen molar-refractivity contribution in [2.75, 3.05) is 43.5 Å². The Labute approximate surface area is 152 Å². The molecule has 0 bridgehead atoms. The van der Waals surface area contributed by atoms with Gasteiger partial charge in [0, 0.05) is 32.4 Å². The molecule has 7 heteroatoms. The summed E-state index contributed by atoms with van der Waals surface area (Å²) in [4.78, 5) is 20.6. The van der Waals surface area contributed by atoms with Crippen LogP contribution in [-0.2, 0) is 4.74 Å². The Hall–Kier alpha value is -2.67. The molecular formula is C18H20N4O2S. The lowest BCUT2D eigenvalue weighted by atomic mass is 10.2. The molecule has 0 saturated carbocycles. The zero-order valence-electron chi connectivity index (χ0n) is 14.0. The molecule has 1 aliphatic rings. The van der Waals surface area contributed by atoms with Crippen LogP contribution in [0.15, 0.2) is 48.7 Å². The van der Waals surface area contributed by atoms with Crippen LogP contribution >= 0.6 is 12.2 Å². The number of esters is 1. The SMILES string of the molecule is COC(=O)c1ccccc1NC(=S)N1CCN(c2ccccn2)CC1. The van der Waals surface area contributed by atoms with Crippen molar-refractivity contribution in [3.8, 4) is 0 Å². The molecule has 25 heavy (non-hydrogen) atoms. The van der Waals surface area contributed by atoms with Crippen molar-refractivity contribution in [2.45, 2.75) is 0 Å². The average molecular weight is 356 g/mol. The largest absolute Gasteiger partial charge is 0.465 e. The number of carbonyl (C=O) groups excluding carboxylic acids is 1. The van der Waals surface area contributed by atoms with Crippen LogP contribution in [0.1, 0.15) is 10.4 Å². The monoisotopic (exact) mass is 356 g/mol. The Kier molecular flexibility index (Phi) is 5.45. The first-order valence-corrected chi connectivity index (χ1v) is 8.49. The highest BCUT2D eigenvalue weighted by molar-refractivity contribution is 7.80. The molecule has 130 valence electrons. The van der Waals surface area contributed by atoms with Crippen molar-refractivity contribution < 1.29 is 9.53 Å². The Bertz CT molecular complexity index is 746. The minimum absolute atomic E-state index is 0.383. The van der Waals surface area contributed by atoms with Gasteiger partial charge in [-0.1, -0.05) is 18.2 Å². The number of anilines is 2. The maximum atomic E-state index is 11.9. The van der Waals surface area contributed by atoms with Crippen LogP contribution in [0.3, 0.4) is 0 Å². The summed E-state index contributed by atoms with van der Waals surface area (Å²) in [7, 11) is 1.37. The first-order chi connectivity index (χ1) is 12.2. The van der Waals surface area contributed by atoms with Gasteiger partial charge in [0.25, 0.3) is 0 Å². The summed E-state index contributed by atoms with van der Waals surface area (Å²) >= 11 is 5.52. The van der Waals surface area contributed by atoms with Crippen molar-refractivity contribution in [3.63, 3.8) is 0 Å². The van der Waals surface area contributed by atoms with Crippen molar-refractivity contribution in [1.82, 2.24) is 9.88 Å². The number of pyridine rings is 1. The van der Waals surface area contributed by atoms with Crippen molar-refractivity contribution >= 4 is 34.8 Å². The number of hydrogen-bond acceptors (Lipinski definition) is 5. The summed E-state index contributed by atoms with van der Waals surface area (Å²) in [5.74, 6) is 0.600. The number of ether oxygens (including phenoxy) is 1. The van der Waals surface area contributed by atoms with Crippen LogP contribution in [0.25, 0.3) is 0 Å². The molecule has 2 aromatic rings. The molecule has 1 N–H and O–H groups in total. The van der Waals surface area contributed by atoms with E-state index in [1.165, 1.54) is 7.11 Å². The number of para-hydroxylation sites is 1. The van der Waals surface area contributed by atoms with Gasteiger partial charge in [0.1, 0.15) is 5.82 Å². The molecule has 1 aromatic carbocycles. The van der Waals surface area contributed by atoms with E-state index in [-0.39, 0.29) is 5.97 Å². The van der Waals surface area contributed by atoms with Gasteiger partial charge in [0.2, 0.25) is 0 Å². The number of methoxy groups -OCH3 is 1. The second-order valence-corrected chi connectivity index (χ2v) is 6.02. The zero-order chi connectivity index (χ0) is 17.6. The molecule has 1 fully saturated rings. The number of piperazine rings is 1. The second-order valence-electron chi connectivity index (χ2n) is 5.63. The Balaban J connectivity index is 1.61. The number of benzene rings is 1. The van der Waals surface area contributed by atoms with Crippen LogP contribution in [0.2, 0.25) is 0 Å². The number of carbonyl (C=O) groups is 1. The van der Waals surface area contributed by atoms with Crippen LogP contribution in [0, 0.1) is 0 Å². The number of aromatic nitrogens is 1. The van der Waals surface area contributed by atoms with Gasteiger partial charge in [-0.15, -0.1) is 0 Å². The molecule has 0 amide bonds. The van der Waals surface area contributed by atoms with Gasteiger partial charge in [-0.3, -0.25) is 0 Å². The summed E-state index contributed by atoms with van der Waals surface area (Å²) < 4.78 is 4.82. The molecule has 0 radical (unpaired) electrons. The molecule has 0 unspecified atom stereocenters. The van der Waals surface area contributed by atoms with Gasteiger partial charge in [-0.2, -0.15) is 0 Å².